The molecule has 41 heavy (non-hydrogen) atoms. The Morgan fingerprint density at radius 2 is 1.63 bits per heavy atom. The van der Waals surface area contributed by atoms with Crippen molar-refractivity contribution in [1.82, 2.24) is 16.0 Å². The van der Waals surface area contributed by atoms with Gasteiger partial charge in [0.25, 0.3) is 0 Å². The summed E-state index contributed by atoms with van der Waals surface area (Å²) in [5, 5.41) is 19.3. The molecule has 2 aromatic carbocycles. The number of hydrogen-bond acceptors (Lipinski definition) is 9. The van der Waals surface area contributed by atoms with E-state index in [-0.39, 0.29) is 30.9 Å². The van der Waals surface area contributed by atoms with Crippen LogP contribution in [-0.4, -0.2) is 72.3 Å². The number of benzene rings is 2. The number of carbonyl (C=O) groups is 5. The summed E-state index contributed by atoms with van der Waals surface area (Å²) in [5.74, 6) is -4.55. The van der Waals surface area contributed by atoms with Gasteiger partial charge in [-0.1, -0.05) is 30.3 Å². The molecule has 0 bridgehead atoms. The Morgan fingerprint density at radius 3 is 2.22 bits per heavy atom. The van der Waals surface area contributed by atoms with Crippen LogP contribution in [0.1, 0.15) is 29.6 Å². The SMILES string of the molecule is CN[C@@](CCCN=C(N)N)(C(=O)NCC(=O)N[C@@H](CC(=O)O)C(=O)Nc1ccccc1S)C(=O)c1ccccc1S. The topological polar surface area (TPSA) is 218 Å². The highest BCUT2D eigenvalue weighted by Gasteiger charge is 2.45. The van der Waals surface area contributed by atoms with Crippen LogP contribution in [-0.2, 0) is 19.2 Å². The van der Waals surface area contributed by atoms with Crippen molar-refractivity contribution in [2.75, 3.05) is 25.5 Å². The molecule has 0 radical (unpaired) electrons. The zero-order chi connectivity index (χ0) is 30.6. The number of aliphatic carboxylic acids is 1. The lowest BCUT2D eigenvalue weighted by molar-refractivity contribution is -0.140. The van der Waals surface area contributed by atoms with Crippen LogP contribution in [0.2, 0.25) is 0 Å². The quantitative estimate of drug-likeness (QED) is 0.0338. The van der Waals surface area contributed by atoms with Gasteiger partial charge in [-0.2, -0.15) is 0 Å². The first-order valence-electron chi connectivity index (χ1n) is 12.4. The lowest BCUT2D eigenvalue weighted by Crippen LogP contribution is -2.62. The van der Waals surface area contributed by atoms with Crippen molar-refractivity contribution >= 4 is 66.4 Å². The summed E-state index contributed by atoms with van der Waals surface area (Å²) in [5.41, 5.74) is 9.41. The first-order chi connectivity index (χ1) is 19.4. The van der Waals surface area contributed by atoms with Gasteiger partial charge in [0, 0.05) is 21.9 Å². The minimum atomic E-state index is -1.83. The van der Waals surface area contributed by atoms with Gasteiger partial charge in [-0.25, -0.2) is 0 Å². The van der Waals surface area contributed by atoms with E-state index < -0.39 is 54.0 Å². The maximum absolute atomic E-state index is 13.6. The number of aliphatic imine (C=N–C) groups is 1. The Labute approximate surface area is 247 Å². The maximum Gasteiger partial charge on any atom is 0.305 e. The first kappa shape index (κ1) is 33.1. The Morgan fingerprint density at radius 1 is 1.00 bits per heavy atom. The summed E-state index contributed by atoms with van der Waals surface area (Å²) in [4.78, 5) is 68.6. The number of anilines is 1. The Kier molecular flexibility index (Phi) is 12.6. The van der Waals surface area contributed by atoms with E-state index in [4.69, 9.17) is 11.5 Å². The van der Waals surface area contributed by atoms with E-state index in [1.807, 2.05) is 0 Å². The predicted octanol–water partition coefficient (Wildman–Crippen LogP) is 0.173. The molecule has 0 saturated carbocycles. The highest BCUT2D eigenvalue weighted by molar-refractivity contribution is 7.80. The van der Waals surface area contributed by atoms with Gasteiger partial charge in [0.1, 0.15) is 6.04 Å². The molecule has 2 rings (SSSR count). The number of guanidine groups is 1. The number of nitrogens with two attached hydrogens (primary N) is 2. The fourth-order valence-corrected chi connectivity index (χ4v) is 4.35. The second kappa shape index (κ2) is 15.6. The third kappa shape index (κ3) is 9.51. The normalized spacial score (nSPS) is 12.8. The number of nitrogens with one attached hydrogen (secondary N) is 4. The molecule has 2 atom stereocenters. The van der Waals surface area contributed by atoms with Crippen molar-refractivity contribution in [1.29, 1.82) is 0 Å². The summed E-state index contributed by atoms with van der Waals surface area (Å²) in [6, 6.07) is 11.5. The smallest absolute Gasteiger partial charge is 0.305 e. The van der Waals surface area contributed by atoms with Crippen molar-refractivity contribution < 1.29 is 29.1 Å². The summed E-state index contributed by atoms with van der Waals surface area (Å²) in [6.07, 6.45) is -0.531. The number of Topliss-reactive ketones (excluding diaryl/α,β-unsaturated/α-hetero) is 1. The maximum atomic E-state index is 13.6. The van der Waals surface area contributed by atoms with Gasteiger partial charge in [0.05, 0.1) is 18.7 Å². The second-order valence-corrected chi connectivity index (χ2v) is 9.78. The number of rotatable bonds is 15. The van der Waals surface area contributed by atoms with Gasteiger partial charge < -0.3 is 32.5 Å². The monoisotopic (exact) mass is 603 g/mol. The third-order valence-corrected chi connectivity index (χ3v) is 6.74. The third-order valence-electron chi connectivity index (χ3n) is 5.96. The number of carboxylic acids is 1. The second-order valence-electron chi connectivity index (χ2n) is 8.82. The number of hydrogen-bond donors (Lipinski definition) is 9. The Balaban J connectivity index is 2.20. The number of nitrogens with zero attached hydrogens (tertiary/aromatic N) is 1. The van der Waals surface area contributed by atoms with E-state index in [1.54, 1.807) is 42.5 Å². The van der Waals surface area contributed by atoms with Crippen LogP contribution in [0.15, 0.2) is 63.3 Å². The molecule has 3 amide bonds. The van der Waals surface area contributed by atoms with Gasteiger partial charge in [-0.15, -0.1) is 25.3 Å². The fraction of sp³-hybridized carbons (Fsp3) is 0.308. The fourth-order valence-electron chi connectivity index (χ4n) is 3.87. The Bertz CT molecular complexity index is 1320. The summed E-state index contributed by atoms with van der Waals surface area (Å²) in [6.45, 7) is -0.519. The first-order valence-corrected chi connectivity index (χ1v) is 13.3. The van der Waals surface area contributed by atoms with Crippen LogP contribution >= 0.6 is 25.3 Å². The van der Waals surface area contributed by atoms with E-state index in [0.29, 0.717) is 15.5 Å². The Hall–Kier alpha value is -4.08. The highest BCUT2D eigenvalue weighted by atomic mass is 32.1. The zero-order valence-corrected chi connectivity index (χ0v) is 24.0. The molecule has 0 saturated heterocycles. The molecular weight excluding hydrogens is 570 g/mol. The highest BCUT2D eigenvalue weighted by Crippen LogP contribution is 2.24. The van der Waals surface area contributed by atoms with Crippen molar-refractivity contribution in [3.8, 4) is 0 Å². The number of para-hydroxylation sites is 1. The van der Waals surface area contributed by atoms with Crippen molar-refractivity contribution in [2.24, 2.45) is 16.5 Å². The summed E-state index contributed by atoms with van der Waals surface area (Å²) >= 11 is 8.57. The van der Waals surface area contributed by atoms with Crippen LogP contribution in [0.5, 0.6) is 0 Å². The molecule has 0 aliphatic heterocycles. The van der Waals surface area contributed by atoms with Crippen LogP contribution < -0.4 is 32.7 Å². The van der Waals surface area contributed by atoms with Crippen LogP contribution in [0.25, 0.3) is 0 Å². The lowest BCUT2D eigenvalue weighted by Gasteiger charge is -2.31. The molecular formula is C26H33N7O6S2. The van der Waals surface area contributed by atoms with E-state index in [9.17, 15) is 29.1 Å². The van der Waals surface area contributed by atoms with E-state index in [2.05, 4.69) is 51.5 Å². The average Bonchev–Trinajstić information content (AvgIpc) is 2.92. The van der Waals surface area contributed by atoms with Crippen molar-refractivity contribution in [3.63, 3.8) is 0 Å². The molecule has 0 spiro atoms. The molecule has 0 aliphatic carbocycles. The zero-order valence-electron chi connectivity index (χ0n) is 22.2. The number of amides is 3. The van der Waals surface area contributed by atoms with Gasteiger partial charge in [0.15, 0.2) is 17.3 Å². The van der Waals surface area contributed by atoms with E-state index >= 15 is 0 Å². The van der Waals surface area contributed by atoms with E-state index in [0.717, 1.165) is 0 Å². The number of carboxylic acid groups (broad SMARTS) is 1. The lowest BCUT2D eigenvalue weighted by atomic mass is 9.83. The number of ketones is 1. The van der Waals surface area contributed by atoms with Crippen LogP contribution in [0, 0.1) is 0 Å². The minimum absolute atomic E-state index is 0.0398. The molecule has 0 aliphatic rings. The van der Waals surface area contributed by atoms with Gasteiger partial charge in [0.2, 0.25) is 17.7 Å². The minimum Gasteiger partial charge on any atom is -0.481 e. The largest absolute Gasteiger partial charge is 0.481 e. The van der Waals surface area contributed by atoms with Crippen LogP contribution in [0.3, 0.4) is 0 Å². The van der Waals surface area contributed by atoms with Gasteiger partial charge in [-0.3, -0.25) is 34.3 Å². The standard InChI is InChI=1S/C26H33N7O6S2/c1-29-26(11-6-12-30-25(27)28,22(37)15-7-2-4-9-18(15)40)24(39)31-14-20(34)32-17(13-21(35)36)23(38)33-16-8-3-5-10-19(16)41/h2-5,7-10,17,29,40-41H,6,11-14H2,1H3,(H,31,39)(H,32,34)(H,33,38)(H,35,36)(H4,27,28,30)/t17-,26+/m0/s1. The molecule has 13 nitrogen and oxygen atoms in total. The predicted molar refractivity (Wildman–Crippen MR) is 159 cm³/mol. The summed E-state index contributed by atoms with van der Waals surface area (Å²) in [7, 11) is 1.42. The molecule has 9 N–H and O–H groups in total. The van der Waals surface area contributed by atoms with Gasteiger partial charge in [-0.05, 0) is 38.1 Å². The number of thiol groups is 2. The van der Waals surface area contributed by atoms with E-state index in [1.165, 1.54) is 13.1 Å². The number of carbonyl (C=O) groups excluding carboxylic acids is 4. The molecule has 0 aromatic heterocycles. The van der Waals surface area contributed by atoms with Crippen LogP contribution in [0.4, 0.5) is 5.69 Å². The summed E-state index contributed by atoms with van der Waals surface area (Å²) < 4.78 is 0. The van der Waals surface area contributed by atoms with Crippen molar-refractivity contribution in [3.05, 3.63) is 54.1 Å². The molecule has 0 unspecified atom stereocenters. The molecule has 0 heterocycles. The molecule has 15 heteroatoms. The molecule has 0 fully saturated rings. The number of likely N-dealkylation sites (N-methyl/N-ethyl adjacent to an activating group) is 1. The average molecular weight is 604 g/mol. The van der Waals surface area contributed by atoms with Gasteiger partial charge >= 0.3 is 5.97 Å². The molecule has 220 valence electrons. The van der Waals surface area contributed by atoms with Crippen molar-refractivity contribution in [2.45, 2.75) is 40.6 Å². The molecule has 2 aromatic rings.